The van der Waals surface area contributed by atoms with Crippen molar-refractivity contribution in [3.63, 3.8) is 0 Å². The predicted octanol–water partition coefficient (Wildman–Crippen LogP) is 2.32. The van der Waals surface area contributed by atoms with Crippen LogP contribution in [-0.4, -0.2) is 12.5 Å². The van der Waals surface area contributed by atoms with Crippen molar-refractivity contribution in [2.24, 2.45) is 5.92 Å². The van der Waals surface area contributed by atoms with Crippen LogP contribution in [0.4, 0.5) is 13.2 Å². The summed E-state index contributed by atoms with van der Waals surface area (Å²) in [6, 6.07) is 0. The molecule has 60 valence electrons. The maximum atomic E-state index is 11.4. The van der Waals surface area contributed by atoms with E-state index in [1.165, 1.54) is 0 Å². The lowest BCUT2D eigenvalue weighted by molar-refractivity contribution is -0.353. The number of alkyl halides is 3. The molecule has 0 heterocycles. The van der Waals surface area contributed by atoms with Gasteiger partial charge in [0.1, 0.15) is 0 Å². The second-order valence-corrected chi connectivity index (χ2v) is 2.76. The molecular weight excluding hydrogens is 145 g/mol. The van der Waals surface area contributed by atoms with Crippen LogP contribution in [0, 0.1) is 5.92 Å². The molecule has 0 aromatic rings. The Morgan fingerprint density at radius 2 is 1.80 bits per heavy atom. The lowest BCUT2D eigenvalue weighted by Gasteiger charge is -2.32. The number of rotatable bonds is 1. The van der Waals surface area contributed by atoms with Crippen LogP contribution in [0.3, 0.4) is 0 Å². The standard InChI is InChI=1S/C6H9F3O/c1-4-2-5(3-4)10-6(7,8)9/h4-5H,2-3H2,1H3/t4-,5+. The second-order valence-electron chi connectivity index (χ2n) is 2.76. The lowest BCUT2D eigenvalue weighted by atomic mass is 9.84. The van der Waals surface area contributed by atoms with Gasteiger partial charge in [-0.25, -0.2) is 0 Å². The zero-order chi connectivity index (χ0) is 7.78. The highest BCUT2D eigenvalue weighted by Gasteiger charge is 2.38. The van der Waals surface area contributed by atoms with Crippen LogP contribution in [0.15, 0.2) is 0 Å². The van der Waals surface area contributed by atoms with Gasteiger partial charge in [0, 0.05) is 0 Å². The average molecular weight is 154 g/mol. The Morgan fingerprint density at radius 1 is 1.30 bits per heavy atom. The van der Waals surface area contributed by atoms with Crippen LogP contribution < -0.4 is 0 Å². The molecule has 0 unspecified atom stereocenters. The van der Waals surface area contributed by atoms with Crippen molar-refractivity contribution >= 4 is 0 Å². The van der Waals surface area contributed by atoms with Gasteiger partial charge in [-0.2, -0.15) is 0 Å². The molecule has 10 heavy (non-hydrogen) atoms. The molecule has 0 aromatic carbocycles. The van der Waals surface area contributed by atoms with Crippen molar-refractivity contribution in [3.8, 4) is 0 Å². The van der Waals surface area contributed by atoms with Crippen LogP contribution in [-0.2, 0) is 4.74 Å². The van der Waals surface area contributed by atoms with Gasteiger partial charge in [-0.05, 0) is 18.8 Å². The molecule has 1 aliphatic rings. The first kappa shape index (κ1) is 7.85. The summed E-state index contributed by atoms with van der Waals surface area (Å²) >= 11 is 0. The molecule has 0 aliphatic heterocycles. The van der Waals surface area contributed by atoms with Crippen LogP contribution in [0.5, 0.6) is 0 Å². The van der Waals surface area contributed by atoms with Crippen LogP contribution in [0.25, 0.3) is 0 Å². The highest BCUT2D eigenvalue weighted by molar-refractivity contribution is 4.76. The maximum absolute atomic E-state index is 11.4. The van der Waals surface area contributed by atoms with E-state index in [1.54, 1.807) is 0 Å². The lowest BCUT2D eigenvalue weighted by Crippen LogP contribution is -2.34. The first-order valence-electron chi connectivity index (χ1n) is 3.22. The summed E-state index contributed by atoms with van der Waals surface area (Å²) in [5.74, 6) is 0.396. The van der Waals surface area contributed by atoms with Gasteiger partial charge in [0.2, 0.25) is 0 Å². The van der Waals surface area contributed by atoms with E-state index in [1.807, 2.05) is 6.92 Å². The van der Waals surface area contributed by atoms with Gasteiger partial charge in [0.15, 0.2) is 0 Å². The topological polar surface area (TPSA) is 9.23 Å². The summed E-state index contributed by atoms with van der Waals surface area (Å²) in [5, 5.41) is 0. The molecule has 0 spiro atoms. The molecule has 0 saturated heterocycles. The van der Waals surface area contributed by atoms with Crippen molar-refractivity contribution in [1.82, 2.24) is 0 Å². The molecule has 1 fully saturated rings. The number of hydrogen-bond donors (Lipinski definition) is 0. The highest BCUT2D eigenvalue weighted by Crippen LogP contribution is 2.33. The Balaban J connectivity index is 2.16. The molecule has 0 aromatic heterocycles. The third kappa shape index (κ3) is 2.17. The first-order chi connectivity index (χ1) is 4.47. The maximum Gasteiger partial charge on any atom is 0.522 e. The highest BCUT2D eigenvalue weighted by atomic mass is 19.4. The van der Waals surface area contributed by atoms with Crippen molar-refractivity contribution in [2.45, 2.75) is 32.2 Å². The summed E-state index contributed by atoms with van der Waals surface area (Å²) in [6.45, 7) is 1.91. The molecule has 1 rings (SSSR count). The van der Waals surface area contributed by atoms with Gasteiger partial charge in [0.25, 0.3) is 0 Å². The Kier molecular flexibility index (Phi) is 1.90. The SMILES string of the molecule is C[C@H]1C[C@@H](OC(F)(F)F)C1. The Morgan fingerprint density at radius 3 is 2.10 bits per heavy atom. The first-order valence-corrected chi connectivity index (χ1v) is 3.22. The minimum Gasteiger partial charge on any atom is -0.289 e. The van der Waals surface area contributed by atoms with E-state index in [4.69, 9.17) is 0 Å². The van der Waals surface area contributed by atoms with Gasteiger partial charge in [0.05, 0.1) is 6.10 Å². The van der Waals surface area contributed by atoms with Gasteiger partial charge in [-0.1, -0.05) is 6.92 Å². The molecule has 0 amide bonds. The second kappa shape index (κ2) is 2.42. The molecule has 0 N–H and O–H groups in total. The average Bonchev–Trinajstić information content (AvgIpc) is 1.57. The van der Waals surface area contributed by atoms with Gasteiger partial charge in [-0.15, -0.1) is 13.2 Å². The van der Waals surface area contributed by atoms with E-state index in [-0.39, 0.29) is 0 Å². The third-order valence-corrected chi connectivity index (χ3v) is 1.63. The Bertz CT molecular complexity index is 115. The summed E-state index contributed by atoms with van der Waals surface area (Å²) in [7, 11) is 0. The fraction of sp³-hybridized carbons (Fsp3) is 1.00. The number of hydrogen-bond acceptors (Lipinski definition) is 1. The quantitative estimate of drug-likeness (QED) is 0.563. The summed E-state index contributed by atoms with van der Waals surface area (Å²) in [4.78, 5) is 0. The molecule has 0 atom stereocenters. The Hall–Kier alpha value is -0.250. The van der Waals surface area contributed by atoms with Gasteiger partial charge >= 0.3 is 6.36 Å². The van der Waals surface area contributed by atoms with Gasteiger partial charge < -0.3 is 0 Å². The van der Waals surface area contributed by atoms with E-state index in [0.717, 1.165) is 0 Å². The van der Waals surface area contributed by atoms with Crippen molar-refractivity contribution < 1.29 is 17.9 Å². The van der Waals surface area contributed by atoms with E-state index in [9.17, 15) is 13.2 Å². The molecular formula is C6H9F3O. The Labute approximate surface area is 57.2 Å². The van der Waals surface area contributed by atoms with E-state index in [0.29, 0.717) is 18.8 Å². The molecule has 0 bridgehead atoms. The van der Waals surface area contributed by atoms with E-state index in [2.05, 4.69) is 4.74 Å². The smallest absolute Gasteiger partial charge is 0.289 e. The molecule has 1 aliphatic carbocycles. The minimum atomic E-state index is -4.44. The molecule has 1 nitrogen and oxygen atoms in total. The minimum absolute atomic E-state index is 0.396. The number of ether oxygens (including phenoxy) is 1. The van der Waals surface area contributed by atoms with Crippen molar-refractivity contribution in [2.75, 3.05) is 0 Å². The molecule has 0 radical (unpaired) electrons. The molecule has 1 saturated carbocycles. The normalized spacial score (nSPS) is 33.6. The van der Waals surface area contributed by atoms with E-state index < -0.39 is 12.5 Å². The monoisotopic (exact) mass is 154 g/mol. The largest absolute Gasteiger partial charge is 0.522 e. The van der Waals surface area contributed by atoms with Crippen LogP contribution >= 0.6 is 0 Å². The van der Waals surface area contributed by atoms with Crippen molar-refractivity contribution in [3.05, 3.63) is 0 Å². The summed E-state index contributed by atoms with van der Waals surface area (Å²) < 4.78 is 38.0. The fourth-order valence-electron chi connectivity index (χ4n) is 1.11. The zero-order valence-electron chi connectivity index (χ0n) is 5.61. The van der Waals surface area contributed by atoms with Crippen LogP contribution in [0.1, 0.15) is 19.8 Å². The predicted molar refractivity (Wildman–Crippen MR) is 29.3 cm³/mol. The number of halogens is 3. The van der Waals surface area contributed by atoms with Gasteiger partial charge in [-0.3, -0.25) is 4.74 Å². The van der Waals surface area contributed by atoms with Crippen LogP contribution in [0.2, 0.25) is 0 Å². The van der Waals surface area contributed by atoms with E-state index >= 15 is 0 Å². The summed E-state index contributed by atoms with van der Waals surface area (Å²) in [5.41, 5.74) is 0. The van der Waals surface area contributed by atoms with Crippen molar-refractivity contribution in [1.29, 1.82) is 0 Å². The zero-order valence-corrected chi connectivity index (χ0v) is 5.61. The molecule has 4 heteroatoms. The fourth-order valence-corrected chi connectivity index (χ4v) is 1.11. The third-order valence-electron chi connectivity index (χ3n) is 1.63. The summed E-state index contributed by atoms with van der Waals surface area (Å²) in [6.07, 6.45) is -3.93.